The van der Waals surface area contributed by atoms with Crippen LogP contribution >= 0.6 is 0 Å². The van der Waals surface area contributed by atoms with Crippen molar-refractivity contribution in [2.24, 2.45) is 0 Å². The van der Waals surface area contributed by atoms with Gasteiger partial charge >= 0.3 is 11.9 Å². The first kappa shape index (κ1) is 16.0. The summed E-state index contributed by atoms with van der Waals surface area (Å²) in [6, 6.07) is -0.609. The SMILES string of the molecule is CCCC(C(=O)OCC)N1CCCC1C(=O)OCC. The Kier molecular flexibility index (Phi) is 6.84. The molecular weight excluding hydrogens is 246 g/mol. The van der Waals surface area contributed by atoms with Gasteiger partial charge in [0.1, 0.15) is 12.1 Å². The maximum atomic E-state index is 12.0. The smallest absolute Gasteiger partial charge is 0.323 e. The van der Waals surface area contributed by atoms with Crippen molar-refractivity contribution in [1.82, 2.24) is 4.90 Å². The Bertz CT molecular complexity index is 306. The lowest BCUT2D eigenvalue weighted by molar-refractivity contribution is -0.155. The number of carbonyl (C=O) groups excluding carboxylic acids is 2. The van der Waals surface area contributed by atoms with Crippen LogP contribution in [0, 0.1) is 0 Å². The van der Waals surface area contributed by atoms with E-state index < -0.39 is 0 Å². The van der Waals surface area contributed by atoms with Crippen LogP contribution in [0.4, 0.5) is 0 Å². The molecule has 5 nitrogen and oxygen atoms in total. The lowest BCUT2D eigenvalue weighted by Crippen LogP contribution is -2.48. The van der Waals surface area contributed by atoms with Crippen molar-refractivity contribution in [3.05, 3.63) is 0 Å². The van der Waals surface area contributed by atoms with Gasteiger partial charge < -0.3 is 9.47 Å². The Morgan fingerprint density at radius 2 is 1.89 bits per heavy atom. The van der Waals surface area contributed by atoms with Crippen molar-refractivity contribution in [3.8, 4) is 0 Å². The van der Waals surface area contributed by atoms with Crippen LogP contribution in [0.2, 0.25) is 0 Å². The highest BCUT2D eigenvalue weighted by Crippen LogP contribution is 2.24. The minimum absolute atomic E-state index is 0.217. The second-order valence-corrected chi connectivity index (χ2v) is 4.70. The summed E-state index contributed by atoms with van der Waals surface area (Å²) < 4.78 is 10.2. The Hall–Kier alpha value is -1.10. The summed E-state index contributed by atoms with van der Waals surface area (Å²) in [6.07, 6.45) is 3.28. The molecule has 0 N–H and O–H groups in total. The Balaban J connectivity index is 2.75. The molecule has 19 heavy (non-hydrogen) atoms. The molecule has 0 aromatic carbocycles. The molecule has 1 saturated heterocycles. The second kappa shape index (κ2) is 8.15. The molecule has 1 heterocycles. The Morgan fingerprint density at radius 1 is 1.21 bits per heavy atom. The molecule has 0 spiro atoms. The van der Waals surface area contributed by atoms with E-state index in [0.29, 0.717) is 13.2 Å². The van der Waals surface area contributed by atoms with Gasteiger partial charge in [-0.3, -0.25) is 14.5 Å². The molecule has 0 saturated carbocycles. The van der Waals surface area contributed by atoms with Crippen LogP contribution in [0.1, 0.15) is 46.5 Å². The summed E-state index contributed by atoms with van der Waals surface area (Å²) in [5, 5.41) is 0. The molecule has 0 aliphatic carbocycles. The molecule has 0 aromatic heterocycles. The molecule has 0 aromatic rings. The molecule has 1 aliphatic heterocycles. The van der Waals surface area contributed by atoms with Crippen LogP contribution in [-0.2, 0) is 19.1 Å². The van der Waals surface area contributed by atoms with Crippen molar-refractivity contribution in [3.63, 3.8) is 0 Å². The summed E-state index contributed by atoms with van der Waals surface area (Å²) in [5.74, 6) is -0.439. The topological polar surface area (TPSA) is 55.8 Å². The number of likely N-dealkylation sites (tertiary alicyclic amines) is 1. The minimum Gasteiger partial charge on any atom is -0.465 e. The van der Waals surface area contributed by atoms with Crippen molar-refractivity contribution >= 4 is 11.9 Å². The predicted molar refractivity (Wildman–Crippen MR) is 71.7 cm³/mol. The second-order valence-electron chi connectivity index (χ2n) is 4.70. The van der Waals surface area contributed by atoms with Crippen LogP contribution in [-0.4, -0.2) is 48.7 Å². The molecule has 5 heteroatoms. The number of rotatable bonds is 7. The average Bonchev–Trinajstić information content (AvgIpc) is 2.85. The number of hydrogen-bond acceptors (Lipinski definition) is 5. The van der Waals surface area contributed by atoms with Crippen molar-refractivity contribution in [2.75, 3.05) is 19.8 Å². The molecule has 2 unspecified atom stereocenters. The Labute approximate surface area is 115 Å². The van der Waals surface area contributed by atoms with Gasteiger partial charge in [-0.15, -0.1) is 0 Å². The first-order valence-corrected chi connectivity index (χ1v) is 7.24. The summed E-state index contributed by atoms with van der Waals surface area (Å²) in [6.45, 7) is 7.13. The zero-order chi connectivity index (χ0) is 14.3. The predicted octanol–water partition coefficient (Wildman–Crippen LogP) is 1.75. The van der Waals surface area contributed by atoms with Crippen molar-refractivity contribution in [2.45, 2.75) is 58.5 Å². The molecule has 110 valence electrons. The van der Waals surface area contributed by atoms with E-state index in [9.17, 15) is 9.59 Å². The maximum Gasteiger partial charge on any atom is 0.323 e. The third-order valence-corrected chi connectivity index (χ3v) is 3.37. The molecule has 1 aliphatic rings. The third kappa shape index (κ3) is 4.20. The fraction of sp³-hybridized carbons (Fsp3) is 0.857. The highest BCUT2D eigenvalue weighted by atomic mass is 16.5. The van der Waals surface area contributed by atoms with E-state index in [1.165, 1.54) is 0 Å². The van der Waals surface area contributed by atoms with Crippen LogP contribution in [0.15, 0.2) is 0 Å². The monoisotopic (exact) mass is 271 g/mol. The Morgan fingerprint density at radius 3 is 2.47 bits per heavy atom. The van der Waals surface area contributed by atoms with Gasteiger partial charge in [-0.25, -0.2) is 0 Å². The third-order valence-electron chi connectivity index (χ3n) is 3.37. The van der Waals surface area contributed by atoms with Crippen LogP contribution in [0.5, 0.6) is 0 Å². The highest BCUT2D eigenvalue weighted by molar-refractivity contribution is 5.80. The quantitative estimate of drug-likeness (QED) is 0.660. The zero-order valence-electron chi connectivity index (χ0n) is 12.2. The molecule has 2 atom stereocenters. The average molecular weight is 271 g/mol. The van der Waals surface area contributed by atoms with Gasteiger partial charge in [0.05, 0.1) is 13.2 Å². The molecule has 0 bridgehead atoms. The van der Waals surface area contributed by atoms with Crippen LogP contribution < -0.4 is 0 Å². The van der Waals surface area contributed by atoms with E-state index in [2.05, 4.69) is 0 Å². The largest absolute Gasteiger partial charge is 0.465 e. The van der Waals surface area contributed by atoms with Gasteiger partial charge in [-0.05, 0) is 39.7 Å². The van der Waals surface area contributed by atoms with E-state index >= 15 is 0 Å². The van der Waals surface area contributed by atoms with Crippen molar-refractivity contribution < 1.29 is 19.1 Å². The number of hydrogen-bond donors (Lipinski definition) is 0. The zero-order valence-corrected chi connectivity index (χ0v) is 12.2. The summed E-state index contributed by atoms with van der Waals surface area (Å²) in [5.41, 5.74) is 0. The van der Waals surface area contributed by atoms with Gasteiger partial charge in [0.2, 0.25) is 0 Å². The number of nitrogens with zero attached hydrogens (tertiary/aromatic N) is 1. The summed E-state index contributed by atoms with van der Waals surface area (Å²) in [7, 11) is 0. The van der Waals surface area contributed by atoms with Gasteiger partial charge in [0.25, 0.3) is 0 Å². The minimum atomic E-state index is -0.318. The highest BCUT2D eigenvalue weighted by Gasteiger charge is 2.39. The lowest BCUT2D eigenvalue weighted by atomic mass is 10.1. The van der Waals surface area contributed by atoms with E-state index in [0.717, 1.165) is 32.2 Å². The summed E-state index contributed by atoms with van der Waals surface area (Å²) >= 11 is 0. The van der Waals surface area contributed by atoms with Crippen LogP contribution in [0.3, 0.4) is 0 Å². The molecule has 0 radical (unpaired) electrons. The van der Waals surface area contributed by atoms with E-state index in [1.54, 1.807) is 13.8 Å². The van der Waals surface area contributed by atoms with E-state index in [-0.39, 0.29) is 24.0 Å². The van der Waals surface area contributed by atoms with Gasteiger partial charge in [0.15, 0.2) is 0 Å². The van der Waals surface area contributed by atoms with Gasteiger partial charge in [0, 0.05) is 0 Å². The fourth-order valence-electron chi connectivity index (χ4n) is 2.58. The van der Waals surface area contributed by atoms with Gasteiger partial charge in [-0.1, -0.05) is 13.3 Å². The lowest BCUT2D eigenvalue weighted by Gasteiger charge is -2.30. The molecule has 0 amide bonds. The fourth-order valence-corrected chi connectivity index (χ4v) is 2.58. The molecular formula is C14H25NO4. The van der Waals surface area contributed by atoms with Gasteiger partial charge in [-0.2, -0.15) is 0 Å². The molecule has 1 rings (SSSR count). The van der Waals surface area contributed by atoms with E-state index in [4.69, 9.17) is 9.47 Å². The summed E-state index contributed by atoms with van der Waals surface area (Å²) in [4.78, 5) is 25.9. The number of ether oxygens (including phenoxy) is 2. The first-order chi connectivity index (χ1) is 9.15. The molecule has 1 fully saturated rings. The maximum absolute atomic E-state index is 12.0. The normalized spacial score (nSPS) is 21.1. The van der Waals surface area contributed by atoms with E-state index in [1.807, 2.05) is 11.8 Å². The standard InChI is InChI=1S/C14H25NO4/c1-4-8-11(13(16)18-5-2)15-10-7-9-12(15)14(17)19-6-3/h11-12H,4-10H2,1-3H3. The number of esters is 2. The first-order valence-electron chi connectivity index (χ1n) is 7.24. The van der Waals surface area contributed by atoms with Crippen LogP contribution in [0.25, 0.3) is 0 Å². The van der Waals surface area contributed by atoms with Crippen molar-refractivity contribution in [1.29, 1.82) is 0 Å². The number of carbonyl (C=O) groups is 2.